The molecule has 7 nitrogen and oxygen atoms in total. The third-order valence-corrected chi connectivity index (χ3v) is 4.91. The third kappa shape index (κ3) is 4.10. The predicted molar refractivity (Wildman–Crippen MR) is 92.5 cm³/mol. The van der Waals surface area contributed by atoms with Crippen LogP contribution in [-0.4, -0.2) is 59.0 Å². The molecule has 0 radical (unpaired) electrons. The van der Waals surface area contributed by atoms with Crippen molar-refractivity contribution in [1.82, 2.24) is 9.80 Å². The Hall–Kier alpha value is -2.57. The number of hydrogen-bond acceptors (Lipinski definition) is 3. The first-order valence-corrected chi connectivity index (χ1v) is 8.72. The molecule has 25 heavy (non-hydrogen) atoms. The van der Waals surface area contributed by atoms with Crippen molar-refractivity contribution in [3.8, 4) is 0 Å². The monoisotopic (exact) mass is 345 g/mol. The molecule has 0 bridgehead atoms. The average Bonchev–Trinajstić information content (AvgIpc) is 3.16. The molecule has 0 saturated carbocycles. The van der Waals surface area contributed by atoms with Gasteiger partial charge in [-0.05, 0) is 49.9 Å². The summed E-state index contributed by atoms with van der Waals surface area (Å²) in [5.41, 5.74) is 0.775. The number of likely N-dealkylation sites (tertiary alicyclic amines) is 2. The molecule has 7 heteroatoms. The van der Waals surface area contributed by atoms with E-state index in [1.165, 1.54) is 12.1 Å². The molecular formula is C18H23N3O4. The Morgan fingerprint density at radius 3 is 2.04 bits per heavy atom. The Labute approximate surface area is 146 Å². The van der Waals surface area contributed by atoms with Gasteiger partial charge in [0.1, 0.15) is 0 Å². The molecule has 2 aliphatic heterocycles. The zero-order valence-corrected chi connectivity index (χ0v) is 14.1. The Kier molecular flexibility index (Phi) is 5.21. The molecule has 1 aromatic carbocycles. The summed E-state index contributed by atoms with van der Waals surface area (Å²) < 4.78 is 0. The summed E-state index contributed by atoms with van der Waals surface area (Å²) in [6, 6.07) is 6.21. The van der Waals surface area contributed by atoms with E-state index in [0.717, 1.165) is 25.9 Å². The summed E-state index contributed by atoms with van der Waals surface area (Å²) in [6.07, 6.45) is 3.45. The minimum absolute atomic E-state index is 0.0728. The molecule has 3 rings (SSSR count). The minimum Gasteiger partial charge on any atom is -0.478 e. The Morgan fingerprint density at radius 2 is 1.48 bits per heavy atom. The average molecular weight is 345 g/mol. The minimum atomic E-state index is -0.993. The number of urea groups is 1. The highest BCUT2D eigenvalue weighted by atomic mass is 16.4. The van der Waals surface area contributed by atoms with Crippen LogP contribution in [0, 0.1) is 5.92 Å². The quantitative estimate of drug-likeness (QED) is 0.879. The number of rotatable bonds is 3. The van der Waals surface area contributed by atoms with Gasteiger partial charge in [0, 0.05) is 37.8 Å². The number of benzene rings is 1. The van der Waals surface area contributed by atoms with Gasteiger partial charge >= 0.3 is 12.0 Å². The van der Waals surface area contributed by atoms with Crippen molar-refractivity contribution < 1.29 is 19.5 Å². The number of anilines is 1. The summed E-state index contributed by atoms with van der Waals surface area (Å²) in [5, 5.41) is 11.7. The first kappa shape index (κ1) is 17.3. The van der Waals surface area contributed by atoms with Gasteiger partial charge < -0.3 is 20.2 Å². The Bertz CT molecular complexity index is 645. The highest BCUT2D eigenvalue weighted by molar-refractivity contribution is 5.94. The van der Waals surface area contributed by atoms with Crippen LogP contribution < -0.4 is 5.32 Å². The van der Waals surface area contributed by atoms with E-state index in [4.69, 9.17) is 5.11 Å². The van der Waals surface area contributed by atoms with E-state index in [0.29, 0.717) is 31.6 Å². The topological polar surface area (TPSA) is 90.0 Å². The number of carbonyl (C=O) groups is 3. The van der Waals surface area contributed by atoms with E-state index < -0.39 is 5.97 Å². The number of carboxylic acid groups (broad SMARTS) is 1. The van der Waals surface area contributed by atoms with Gasteiger partial charge in [0.2, 0.25) is 5.91 Å². The van der Waals surface area contributed by atoms with Crippen molar-refractivity contribution in [1.29, 1.82) is 0 Å². The first-order chi connectivity index (χ1) is 12.0. The maximum absolute atomic E-state index is 12.4. The molecule has 0 spiro atoms. The highest BCUT2D eigenvalue weighted by Gasteiger charge is 2.30. The zero-order valence-electron chi connectivity index (χ0n) is 14.1. The fourth-order valence-corrected chi connectivity index (χ4v) is 3.38. The SMILES string of the molecule is O=C(O)c1ccc(NC(=O)C2CCN(C(=O)N3CCCC3)CC2)cc1. The number of nitrogens with zero attached hydrogens (tertiary/aromatic N) is 2. The molecule has 2 fully saturated rings. The molecule has 0 atom stereocenters. The summed E-state index contributed by atoms with van der Waals surface area (Å²) in [4.78, 5) is 39.3. The van der Waals surface area contributed by atoms with Gasteiger partial charge in [-0.2, -0.15) is 0 Å². The maximum Gasteiger partial charge on any atom is 0.335 e. The van der Waals surface area contributed by atoms with E-state index >= 15 is 0 Å². The lowest BCUT2D eigenvalue weighted by molar-refractivity contribution is -0.121. The van der Waals surface area contributed by atoms with E-state index in [2.05, 4.69) is 5.32 Å². The van der Waals surface area contributed by atoms with Gasteiger partial charge in [0.25, 0.3) is 0 Å². The van der Waals surface area contributed by atoms with Crippen LogP contribution in [0.15, 0.2) is 24.3 Å². The largest absolute Gasteiger partial charge is 0.478 e. The van der Waals surface area contributed by atoms with E-state index in [9.17, 15) is 14.4 Å². The van der Waals surface area contributed by atoms with Crippen molar-refractivity contribution in [2.45, 2.75) is 25.7 Å². The number of hydrogen-bond donors (Lipinski definition) is 2. The van der Waals surface area contributed by atoms with Crippen LogP contribution >= 0.6 is 0 Å². The molecule has 134 valence electrons. The van der Waals surface area contributed by atoms with Crippen molar-refractivity contribution >= 4 is 23.6 Å². The molecule has 2 saturated heterocycles. The van der Waals surface area contributed by atoms with Crippen LogP contribution in [0.2, 0.25) is 0 Å². The van der Waals surface area contributed by atoms with Gasteiger partial charge in [-0.15, -0.1) is 0 Å². The van der Waals surface area contributed by atoms with E-state index in [1.54, 1.807) is 12.1 Å². The lowest BCUT2D eigenvalue weighted by Gasteiger charge is -2.34. The second-order valence-corrected chi connectivity index (χ2v) is 6.61. The predicted octanol–water partition coefficient (Wildman–Crippen LogP) is 2.25. The fraction of sp³-hybridized carbons (Fsp3) is 0.500. The lowest BCUT2D eigenvalue weighted by Crippen LogP contribution is -2.47. The molecule has 2 N–H and O–H groups in total. The number of aromatic carboxylic acids is 1. The summed E-state index contributed by atoms with van der Waals surface area (Å²) in [5.74, 6) is -1.19. The van der Waals surface area contributed by atoms with Gasteiger partial charge in [-0.25, -0.2) is 9.59 Å². The second kappa shape index (κ2) is 7.55. The van der Waals surface area contributed by atoms with Crippen LogP contribution in [0.25, 0.3) is 0 Å². The Balaban J connectivity index is 1.49. The molecule has 0 aromatic heterocycles. The summed E-state index contributed by atoms with van der Waals surface area (Å²) >= 11 is 0. The number of amides is 3. The maximum atomic E-state index is 12.4. The van der Waals surface area contributed by atoms with Gasteiger partial charge in [-0.1, -0.05) is 0 Å². The normalized spacial score (nSPS) is 18.2. The van der Waals surface area contributed by atoms with Crippen molar-refractivity contribution in [3.63, 3.8) is 0 Å². The van der Waals surface area contributed by atoms with E-state index in [1.807, 2.05) is 9.80 Å². The molecule has 3 amide bonds. The van der Waals surface area contributed by atoms with Gasteiger partial charge in [-0.3, -0.25) is 4.79 Å². The molecule has 0 aliphatic carbocycles. The molecular weight excluding hydrogens is 322 g/mol. The zero-order chi connectivity index (χ0) is 17.8. The first-order valence-electron chi connectivity index (χ1n) is 8.72. The number of carbonyl (C=O) groups excluding carboxylic acids is 2. The Morgan fingerprint density at radius 1 is 0.920 bits per heavy atom. The van der Waals surface area contributed by atoms with Crippen molar-refractivity contribution in [3.05, 3.63) is 29.8 Å². The standard InChI is InChI=1S/C18H23N3O4/c22-16(19-15-5-3-14(4-6-15)17(23)24)13-7-11-21(12-8-13)18(25)20-9-1-2-10-20/h3-6,13H,1-2,7-12H2,(H,19,22)(H,23,24). The van der Waals surface area contributed by atoms with Crippen molar-refractivity contribution in [2.24, 2.45) is 5.92 Å². The number of nitrogens with one attached hydrogen (secondary N) is 1. The number of carboxylic acids is 1. The molecule has 1 aromatic rings. The van der Waals surface area contributed by atoms with Crippen LogP contribution in [0.1, 0.15) is 36.0 Å². The molecule has 2 heterocycles. The van der Waals surface area contributed by atoms with Gasteiger partial charge in [0.15, 0.2) is 0 Å². The fourth-order valence-electron chi connectivity index (χ4n) is 3.38. The lowest BCUT2D eigenvalue weighted by atomic mass is 9.96. The summed E-state index contributed by atoms with van der Waals surface area (Å²) in [6.45, 7) is 2.88. The van der Waals surface area contributed by atoms with E-state index in [-0.39, 0.29) is 23.4 Å². The smallest absolute Gasteiger partial charge is 0.335 e. The third-order valence-electron chi connectivity index (χ3n) is 4.91. The van der Waals surface area contributed by atoms with Crippen LogP contribution in [0.3, 0.4) is 0 Å². The number of piperidine rings is 1. The molecule has 0 unspecified atom stereocenters. The van der Waals surface area contributed by atoms with Crippen LogP contribution in [0.5, 0.6) is 0 Å². The van der Waals surface area contributed by atoms with Crippen LogP contribution in [-0.2, 0) is 4.79 Å². The van der Waals surface area contributed by atoms with Gasteiger partial charge in [0.05, 0.1) is 5.56 Å². The van der Waals surface area contributed by atoms with Crippen molar-refractivity contribution in [2.75, 3.05) is 31.5 Å². The second-order valence-electron chi connectivity index (χ2n) is 6.61. The molecule has 2 aliphatic rings. The van der Waals surface area contributed by atoms with Crippen LogP contribution in [0.4, 0.5) is 10.5 Å². The highest BCUT2D eigenvalue weighted by Crippen LogP contribution is 2.22. The summed E-state index contributed by atoms with van der Waals surface area (Å²) in [7, 11) is 0.